The Balaban J connectivity index is 0.00000378. The predicted molar refractivity (Wildman–Crippen MR) is 181 cm³/mol. The normalized spacial score (nSPS) is 14.7. The lowest BCUT2D eigenvalue weighted by molar-refractivity contribution is -0.671. The van der Waals surface area contributed by atoms with Gasteiger partial charge in [0.1, 0.15) is 12.8 Å². The van der Waals surface area contributed by atoms with Crippen LogP contribution in [-0.2, 0) is 20.0 Å². The van der Waals surface area contributed by atoms with Gasteiger partial charge >= 0.3 is 0 Å². The molecule has 0 aliphatic carbocycles. The molecular formula is C39H33ClN4O5. The molecule has 0 saturated carbocycles. The summed E-state index contributed by atoms with van der Waals surface area (Å²) in [6.07, 6.45) is 6.42. The molecule has 49 heavy (non-hydrogen) atoms. The van der Waals surface area contributed by atoms with Gasteiger partial charge in [-0.15, -0.1) is 0 Å². The van der Waals surface area contributed by atoms with Gasteiger partial charge in [0.25, 0.3) is 11.8 Å². The number of hydrogen-bond acceptors (Lipinski definition) is 5. The van der Waals surface area contributed by atoms with Gasteiger partial charge in [-0.25, -0.2) is 4.57 Å². The molecule has 9 nitrogen and oxygen atoms in total. The van der Waals surface area contributed by atoms with Crippen LogP contribution in [0.1, 0.15) is 38.8 Å². The highest BCUT2D eigenvalue weighted by atomic mass is 35.5. The fourth-order valence-corrected chi connectivity index (χ4v) is 6.72. The van der Waals surface area contributed by atoms with Crippen molar-refractivity contribution in [2.75, 3.05) is 11.7 Å². The van der Waals surface area contributed by atoms with Crippen LogP contribution < -0.4 is 31.3 Å². The Morgan fingerprint density at radius 2 is 1.51 bits per heavy atom. The van der Waals surface area contributed by atoms with Crippen LogP contribution in [0.25, 0.3) is 16.8 Å². The van der Waals surface area contributed by atoms with Crippen LogP contribution in [0.3, 0.4) is 0 Å². The molecule has 0 fully saturated rings. The lowest BCUT2D eigenvalue weighted by atomic mass is 9.93. The van der Waals surface area contributed by atoms with E-state index in [1.165, 1.54) is 5.56 Å². The number of phenolic OH excluding ortho intramolecular Hbond substituents is 1. The van der Waals surface area contributed by atoms with Gasteiger partial charge < -0.3 is 36.3 Å². The number of phenols is 1. The number of carbonyl (C=O) groups excluding carboxylic acids is 2. The molecule has 8 rings (SSSR count). The molecule has 10 heteroatoms. The summed E-state index contributed by atoms with van der Waals surface area (Å²) in [6.45, 7) is 2.64. The van der Waals surface area contributed by atoms with Crippen molar-refractivity contribution in [1.82, 2.24) is 9.30 Å². The summed E-state index contributed by atoms with van der Waals surface area (Å²) in [5, 5.41) is 10.0. The number of amides is 2. The van der Waals surface area contributed by atoms with Gasteiger partial charge in [0, 0.05) is 42.2 Å². The maximum Gasteiger partial charge on any atom is 0.265 e. The molecule has 3 aromatic heterocycles. The first kappa shape index (κ1) is 31.8. The van der Waals surface area contributed by atoms with Gasteiger partial charge in [0.05, 0.1) is 28.0 Å². The zero-order chi connectivity index (χ0) is 32.9. The Kier molecular flexibility index (Phi) is 8.22. The fraction of sp³-hybridized carbons (Fsp3) is 0.154. The number of aryl methyl sites for hydroxylation is 1. The van der Waals surface area contributed by atoms with E-state index in [0.717, 1.165) is 12.0 Å². The molecule has 0 radical (unpaired) electrons. The van der Waals surface area contributed by atoms with E-state index in [9.17, 15) is 14.7 Å². The lowest BCUT2D eigenvalue weighted by Crippen LogP contribution is -3.00. The molecule has 6 aromatic rings. The first-order valence-electron chi connectivity index (χ1n) is 15.9. The highest BCUT2D eigenvalue weighted by Gasteiger charge is 2.32. The van der Waals surface area contributed by atoms with E-state index < -0.39 is 0 Å². The smallest absolute Gasteiger partial charge is 0.265 e. The lowest BCUT2D eigenvalue weighted by Gasteiger charge is -2.35. The molecule has 0 spiro atoms. The molecule has 2 aliphatic heterocycles. The van der Waals surface area contributed by atoms with E-state index in [2.05, 4.69) is 19.1 Å². The number of aromatic nitrogens is 2. The number of aromatic hydroxyl groups is 1. The van der Waals surface area contributed by atoms with E-state index >= 15 is 0 Å². The maximum absolute atomic E-state index is 14.7. The number of pyridine rings is 2. The fourth-order valence-electron chi connectivity index (χ4n) is 6.72. The zero-order valence-electron chi connectivity index (χ0n) is 26.9. The molecule has 2 aliphatic rings. The number of rotatable bonds is 5. The first-order valence-corrected chi connectivity index (χ1v) is 15.9. The van der Waals surface area contributed by atoms with Gasteiger partial charge in [-0.3, -0.25) is 14.5 Å². The molecule has 2 amide bonds. The largest absolute Gasteiger partial charge is 1.00 e. The third-order valence-corrected chi connectivity index (χ3v) is 9.22. The van der Waals surface area contributed by atoms with Crippen LogP contribution in [0.5, 0.6) is 17.2 Å². The molecule has 0 bridgehead atoms. The Hall–Kier alpha value is -5.80. The van der Waals surface area contributed by atoms with Crippen LogP contribution in [0.15, 0.2) is 116 Å². The zero-order valence-corrected chi connectivity index (χ0v) is 27.7. The third-order valence-electron chi connectivity index (χ3n) is 9.22. The summed E-state index contributed by atoms with van der Waals surface area (Å²) < 4.78 is 15.4. The number of fused-ring (bicyclic) bond motifs is 3. The molecule has 0 saturated heterocycles. The molecule has 0 unspecified atom stereocenters. The van der Waals surface area contributed by atoms with E-state index in [4.69, 9.17) is 9.47 Å². The second-order valence-corrected chi connectivity index (χ2v) is 12.3. The van der Waals surface area contributed by atoms with Crippen molar-refractivity contribution in [2.45, 2.75) is 25.9 Å². The van der Waals surface area contributed by atoms with Gasteiger partial charge in [-0.2, -0.15) is 0 Å². The second kappa shape index (κ2) is 12.7. The summed E-state index contributed by atoms with van der Waals surface area (Å²) in [6, 6.07) is 29.7. The summed E-state index contributed by atoms with van der Waals surface area (Å²) in [5.41, 5.74) is 6.56. The van der Waals surface area contributed by atoms with Crippen molar-refractivity contribution < 1.29 is 41.1 Å². The monoisotopic (exact) mass is 672 g/mol. The number of ether oxygens (including phenoxy) is 2. The summed E-state index contributed by atoms with van der Waals surface area (Å²) in [4.78, 5) is 32.8. The number of benzene rings is 3. The summed E-state index contributed by atoms with van der Waals surface area (Å²) >= 11 is 0. The number of nitrogens with zero attached hydrogens (tertiary/aromatic N) is 4. The van der Waals surface area contributed by atoms with Crippen molar-refractivity contribution >= 4 is 28.7 Å². The van der Waals surface area contributed by atoms with Gasteiger partial charge in [0.15, 0.2) is 23.9 Å². The summed E-state index contributed by atoms with van der Waals surface area (Å²) in [7, 11) is 1.91. The number of anilines is 2. The standard InChI is InChI=1S/C39H32N4O5.ClH/c1-25-19-26-7-3-4-8-27(26)23-42(25)38(45)32-22-37-36(47-24-48-37)21-31(32)35-20-33(34-9-5-6-16-41(34)35)39(46)43(28-10-12-30(44)13-11-28)29-14-17-40(2)18-15-29;/h3-18,20-22,25H,19,23-24H2,1-2H3;1H/t25-;/m1./s1. The minimum Gasteiger partial charge on any atom is -1.00 e. The van der Waals surface area contributed by atoms with Crippen molar-refractivity contribution in [1.29, 1.82) is 0 Å². The average Bonchev–Trinajstić information content (AvgIpc) is 3.73. The molecular weight excluding hydrogens is 640 g/mol. The van der Waals surface area contributed by atoms with Crippen molar-refractivity contribution in [3.8, 4) is 28.5 Å². The molecule has 1 N–H and O–H groups in total. The third kappa shape index (κ3) is 5.62. The Bertz CT molecular complexity index is 2170. The van der Waals surface area contributed by atoms with Crippen LogP contribution >= 0.6 is 0 Å². The van der Waals surface area contributed by atoms with Gasteiger partial charge in [0.2, 0.25) is 6.79 Å². The quantitative estimate of drug-likeness (QED) is 0.284. The maximum atomic E-state index is 14.7. The second-order valence-electron chi connectivity index (χ2n) is 12.3. The number of halogens is 1. The predicted octanol–water partition coefficient (Wildman–Crippen LogP) is 3.43. The minimum absolute atomic E-state index is 0. The Morgan fingerprint density at radius 1 is 0.837 bits per heavy atom. The van der Waals surface area contributed by atoms with E-state index in [1.54, 1.807) is 35.2 Å². The van der Waals surface area contributed by atoms with Gasteiger partial charge in [-0.1, -0.05) is 30.3 Å². The van der Waals surface area contributed by atoms with Crippen molar-refractivity contribution in [3.05, 3.63) is 138 Å². The van der Waals surface area contributed by atoms with Crippen molar-refractivity contribution in [3.63, 3.8) is 0 Å². The van der Waals surface area contributed by atoms with E-state index in [1.807, 2.05) is 94.1 Å². The van der Waals surface area contributed by atoms with Crippen LogP contribution in [0.2, 0.25) is 0 Å². The van der Waals surface area contributed by atoms with Crippen LogP contribution in [0.4, 0.5) is 11.4 Å². The molecule has 3 aromatic carbocycles. The first-order chi connectivity index (χ1) is 23.4. The highest BCUT2D eigenvalue weighted by molar-refractivity contribution is 6.15. The average molecular weight is 673 g/mol. The van der Waals surface area contributed by atoms with E-state index in [-0.39, 0.29) is 42.8 Å². The SMILES string of the molecule is C[C@@H]1Cc2ccccc2CN1C(=O)c1cc2c(cc1-c1cc(C(=O)N(c3ccc(O)cc3)c3cc[n+](C)cc3)c3ccccn13)OCO2.[Cl-]. The topological polar surface area (TPSA) is 87.6 Å². The molecule has 1 atom stereocenters. The molecule has 246 valence electrons. The van der Waals surface area contributed by atoms with Gasteiger partial charge in [-0.05, 0) is 79.1 Å². The highest BCUT2D eigenvalue weighted by Crippen LogP contribution is 2.42. The number of carbonyl (C=O) groups is 2. The van der Waals surface area contributed by atoms with E-state index in [0.29, 0.717) is 57.3 Å². The Morgan fingerprint density at radius 3 is 2.27 bits per heavy atom. The summed E-state index contributed by atoms with van der Waals surface area (Å²) in [5.74, 6) is 0.778. The number of hydrogen-bond donors (Lipinski definition) is 1. The van der Waals surface area contributed by atoms with Crippen LogP contribution in [0, 0.1) is 0 Å². The molecule has 5 heterocycles. The Labute approximate surface area is 289 Å². The minimum atomic E-state index is -0.264. The van der Waals surface area contributed by atoms with Crippen molar-refractivity contribution in [2.24, 2.45) is 7.05 Å². The van der Waals surface area contributed by atoms with Crippen LogP contribution in [-0.4, -0.2) is 39.1 Å².